The minimum absolute atomic E-state index is 0.522. The third kappa shape index (κ3) is 5.21. The fourth-order valence-corrected chi connectivity index (χ4v) is 2.53. The Hall–Kier alpha value is -1.85. The van der Waals surface area contributed by atoms with Crippen LogP contribution in [0.4, 0.5) is 5.95 Å². The fourth-order valence-electron chi connectivity index (χ4n) is 2.53. The molecule has 1 saturated heterocycles. The predicted molar refractivity (Wildman–Crippen MR) is 86.4 cm³/mol. The average molecular weight is 290 g/mol. The average Bonchev–Trinajstić information content (AvgIpc) is 2.54. The van der Waals surface area contributed by atoms with Crippen molar-refractivity contribution in [2.45, 2.75) is 32.6 Å². The number of piperidine rings is 1. The number of nitrogens with one attached hydrogen (secondary N) is 1. The third-order valence-electron chi connectivity index (χ3n) is 3.71. The molecule has 0 saturated carbocycles. The molecule has 1 aromatic rings. The molecule has 1 atom stereocenters. The van der Waals surface area contributed by atoms with Crippen LogP contribution < -0.4 is 16.0 Å². The summed E-state index contributed by atoms with van der Waals surface area (Å²) >= 11 is 0. The molecule has 116 valence electrons. The van der Waals surface area contributed by atoms with Crippen LogP contribution in [0.25, 0.3) is 0 Å². The van der Waals surface area contributed by atoms with Crippen molar-refractivity contribution in [3.63, 3.8) is 0 Å². The first-order chi connectivity index (χ1) is 10.3. The van der Waals surface area contributed by atoms with Crippen LogP contribution in [0.3, 0.4) is 0 Å². The number of guanidine groups is 1. The predicted octanol–water partition coefficient (Wildman–Crippen LogP) is 1.40. The standard InChI is InChI=1S/C15H26N6/c1-2-3-7-17-14(16)20-11-13-6-4-10-21(12-13)15-18-8-5-9-19-15/h5,8-9,13H,2-4,6-7,10-12H2,1H3,(H3,16,17,20). The second kappa shape index (κ2) is 8.44. The van der Waals surface area contributed by atoms with Crippen LogP contribution in [0.15, 0.2) is 23.5 Å². The number of hydrogen-bond donors (Lipinski definition) is 2. The number of anilines is 1. The van der Waals surface area contributed by atoms with Gasteiger partial charge in [-0.05, 0) is 31.2 Å². The van der Waals surface area contributed by atoms with Gasteiger partial charge in [0.25, 0.3) is 0 Å². The molecule has 1 fully saturated rings. The molecule has 0 amide bonds. The van der Waals surface area contributed by atoms with Gasteiger partial charge >= 0.3 is 0 Å². The summed E-state index contributed by atoms with van der Waals surface area (Å²) in [5.41, 5.74) is 5.88. The number of nitrogens with zero attached hydrogens (tertiary/aromatic N) is 4. The summed E-state index contributed by atoms with van der Waals surface area (Å²) in [6, 6.07) is 1.85. The Balaban J connectivity index is 1.80. The molecule has 1 aromatic heterocycles. The van der Waals surface area contributed by atoms with E-state index < -0.39 is 0 Å². The van der Waals surface area contributed by atoms with Crippen molar-refractivity contribution in [3.8, 4) is 0 Å². The van der Waals surface area contributed by atoms with Gasteiger partial charge in [0.2, 0.25) is 5.95 Å². The van der Waals surface area contributed by atoms with Gasteiger partial charge in [0.15, 0.2) is 5.96 Å². The molecule has 1 unspecified atom stereocenters. The van der Waals surface area contributed by atoms with Crippen molar-refractivity contribution in [1.82, 2.24) is 15.3 Å². The molecule has 3 N–H and O–H groups in total. The Kier molecular flexibility index (Phi) is 6.24. The van der Waals surface area contributed by atoms with E-state index in [0.29, 0.717) is 11.9 Å². The maximum atomic E-state index is 5.88. The van der Waals surface area contributed by atoms with Gasteiger partial charge in [-0.25, -0.2) is 9.97 Å². The zero-order valence-corrected chi connectivity index (χ0v) is 12.8. The van der Waals surface area contributed by atoms with Crippen LogP contribution in [0.2, 0.25) is 0 Å². The molecule has 21 heavy (non-hydrogen) atoms. The first-order valence-corrected chi connectivity index (χ1v) is 7.85. The summed E-state index contributed by atoms with van der Waals surface area (Å²) in [5, 5.41) is 3.16. The maximum Gasteiger partial charge on any atom is 0.225 e. The number of unbranched alkanes of at least 4 members (excludes halogenated alkanes) is 1. The third-order valence-corrected chi connectivity index (χ3v) is 3.71. The summed E-state index contributed by atoms with van der Waals surface area (Å²) in [6.07, 6.45) is 8.21. The van der Waals surface area contributed by atoms with Crippen molar-refractivity contribution in [2.75, 3.05) is 31.1 Å². The van der Waals surface area contributed by atoms with Gasteiger partial charge < -0.3 is 16.0 Å². The van der Waals surface area contributed by atoms with Gasteiger partial charge in [-0.1, -0.05) is 13.3 Å². The van der Waals surface area contributed by atoms with Crippen LogP contribution in [0, 0.1) is 5.92 Å². The van der Waals surface area contributed by atoms with Gasteiger partial charge in [-0.2, -0.15) is 0 Å². The second-order valence-electron chi connectivity index (χ2n) is 5.51. The summed E-state index contributed by atoms with van der Waals surface area (Å²) < 4.78 is 0. The lowest BCUT2D eigenvalue weighted by Gasteiger charge is -2.31. The summed E-state index contributed by atoms with van der Waals surface area (Å²) in [4.78, 5) is 15.4. The molecule has 0 aliphatic carbocycles. The second-order valence-corrected chi connectivity index (χ2v) is 5.51. The normalized spacial score (nSPS) is 19.6. The number of aromatic nitrogens is 2. The lowest BCUT2D eigenvalue weighted by atomic mass is 9.98. The van der Waals surface area contributed by atoms with E-state index in [1.54, 1.807) is 12.4 Å². The number of rotatable bonds is 6. The highest BCUT2D eigenvalue weighted by Crippen LogP contribution is 2.19. The molecule has 0 bridgehead atoms. The topological polar surface area (TPSA) is 79.4 Å². The monoisotopic (exact) mass is 290 g/mol. The molecule has 2 rings (SSSR count). The van der Waals surface area contributed by atoms with Crippen molar-refractivity contribution in [3.05, 3.63) is 18.5 Å². The summed E-state index contributed by atoms with van der Waals surface area (Å²) in [7, 11) is 0. The van der Waals surface area contributed by atoms with E-state index in [4.69, 9.17) is 5.73 Å². The molecule has 2 heterocycles. The van der Waals surface area contributed by atoms with Crippen LogP contribution in [0.5, 0.6) is 0 Å². The minimum atomic E-state index is 0.522. The molecule has 1 aliphatic heterocycles. The molecule has 0 radical (unpaired) electrons. The van der Waals surface area contributed by atoms with Crippen LogP contribution >= 0.6 is 0 Å². The van der Waals surface area contributed by atoms with Gasteiger partial charge in [0, 0.05) is 38.6 Å². The zero-order chi connectivity index (χ0) is 14.9. The Morgan fingerprint density at radius 1 is 1.48 bits per heavy atom. The quantitative estimate of drug-likeness (QED) is 0.470. The fraction of sp³-hybridized carbons (Fsp3) is 0.667. The molecule has 0 spiro atoms. The van der Waals surface area contributed by atoms with Crippen molar-refractivity contribution in [2.24, 2.45) is 16.6 Å². The number of hydrogen-bond acceptors (Lipinski definition) is 4. The van der Waals surface area contributed by atoms with E-state index in [2.05, 4.69) is 32.1 Å². The van der Waals surface area contributed by atoms with E-state index in [-0.39, 0.29) is 0 Å². The van der Waals surface area contributed by atoms with E-state index >= 15 is 0 Å². The smallest absolute Gasteiger partial charge is 0.225 e. The van der Waals surface area contributed by atoms with Crippen molar-refractivity contribution < 1.29 is 0 Å². The number of nitrogens with two attached hydrogens (primary N) is 1. The lowest BCUT2D eigenvalue weighted by molar-refractivity contribution is 0.419. The Bertz CT molecular complexity index is 433. The first kappa shape index (κ1) is 15.5. The van der Waals surface area contributed by atoms with Crippen LogP contribution in [-0.4, -0.2) is 42.1 Å². The number of aliphatic imine (C=N–C) groups is 1. The highest BCUT2D eigenvalue weighted by molar-refractivity contribution is 5.77. The van der Waals surface area contributed by atoms with E-state index in [9.17, 15) is 0 Å². The largest absolute Gasteiger partial charge is 0.370 e. The van der Waals surface area contributed by atoms with Gasteiger partial charge in [0.1, 0.15) is 0 Å². The van der Waals surface area contributed by atoms with Crippen molar-refractivity contribution >= 4 is 11.9 Å². The van der Waals surface area contributed by atoms with E-state index in [1.807, 2.05) is 6.07 Å². The molecular formula is C15H26N6. The Morgan fingerprint density at radius 3 is 3.05 bits per heavy atom. The van der Waals surface area contributed by atoms with E-state index in [1.165, 1.54) is 6.42 Å². The van der Waals surface area contributed by atoms with Crippen molar-refractivity contribution in [1.29, 1.82) is 0 Å². The summed E-state index contributed by atoms with van der Waals surface area (Å²) in [6.45, 7) is 5.82. The zero-order valence-electron chi connectivity index (χ0n) is 12.8. The van der Waals surface area contributed by atoms with Crippen LogP contribution in [-0.2, 0) is 0 Å². The lowest BCUT2D eigenvalue weighted by Crippen LogP contribution is -2.38. The molecule has 6 nitrogen and oxygen atoms in total. The maximum absolute atomic E-state index is 5.88. The van der Waals surface area contributed by atoms with Crippen LogP contribution in [0.1, 0.15) is 32.6 Å². The molecular weight excluding hydrogens is 264 g/mol. The molecule has 6 heteroatoms. The van der Waals surface area contributed by atoms with E-state index in [0.717, 1.165) is 51.4 Å². The Labute approximate surface area is 126 Å². The minimum Gasteiger partial charge on any atom is -0.370 e. The molecule has 1 aliphatic rings. The van der Waals surface area contributed by atoms with Gasteiger partial charge in [-0.15, -0.1) is 0 Å². The summed E-state index contributed by atoms with van der Waals surface area (Å²) in [5.74, 6) is 1.91. The van der Waals surface area contributed by atoms with Gasteiger partial charge in [0.05, 0.1) is 0 Å². The first-order valence-electron chi connectivity index (χ1n) is 7.85. The highest BCUT2D eigenvalue weighted by Gasteiger charge is 2.21. The molecule has 0 aromatic carbocycles. The van der Waals surface area contributed by atoms with Gasteiger partial charge in [-0.3, -0.25) is 4.99 Å². The SMILES string of the molecule is CCCCNC(N)=NCC1CCCN(c2ncccn2)C1. The highest BCUT2D eigenvalue weighted by atomic mass is 15.3. The Morgan fingerprint density at radius 2 is 2.29 bits per heavy atom.